The van der Waals surface area contributed by atoms with E-state index in [0.717, 1.165) is 23.8 Å². The number of epoxide rings is 1. The van der Waals surface area contributed by atoms with Crippen molar-refractivity contribution in [1.29, 1.82) is 0 Å². The van der Waals surface area contributed by atoms with E-state index >= 15 is 0 Å². The lowest BCUT2D eigenvalue weighted by molar-refractivity contribution is -0.142. The van der Waals surface area contributed by atoms with E-state index in [4.69, 9.17) is 9.47 Å². The van der Waals surface area contributed by atoms with Crippen molar-refractivity contribution in [3.8, 4) is 0 Å². The number of fused-ring (bicyclic) bond motifs is 1. The average Bonchev–Trinajstić information content (AvgIpc) is 2.98. The van der Waals surface area contributed by atoms with E-state index in [0.29, 0.717) is 25.2 Å². The van der Waals surface area contributed by atoms with Crippen molar-refractivity contribution in [3.05, 3.63) is 0 Å². The maximum atomic E-state index is 11.2. The highest BCUT2D eigenvalue weighted by Gasteiger charge is 2.47. The van der Waals surface area contributed by atoms with Gasteiger partial charge >= 0.3 is 5.97 Å². The molecule has 0 aromatic heterocycles. The van der Waals surface area contributed by atoms with Gasteiger partial charge in [-0.25, -0.2) is 0 Å². The molecule has 2 aliphatic rings. The summed E-state index contributed by atoms with van der Waals surface area (Å²) in [4.78, 5) is 11.2. The fourth-order valence-electron chi connectivity index (χ4n) is 2.44. The average molecular weight is 290 g/mol. The molecule has 18 heavy (non-hydrogen) atoms. The van der Waals surface area contributed by atoms with Gasteiger partial charge in [0.25, 0.3) is 0 Å². The van der Waals surface area contributed by atoms with Gasteiger partial charge in [-0.15, -0.1) is 0 Å². The highest BCUT2D eigenvalue weighted by atomic mass is 32.2. The normalized spacial score (nSPS) is 29.1. The van der Waals surface area contributed by atoms with E-state index in [-0.39, 0.29) is 5.97 Å². The van der Waals surface area contributed by atoms with E-state index < -0.39 is 0 Å². The molecule has 0 aromatic rings. The van der Waals surface area contributed by atoms with Crippen LogP contribution in [0, 0.1) is 5.92 Å². The number of carbonyl (C=O) groups excluding carboxylic acids is 1. The number of hydrogen-bond acceptors (Lipinski definition) is 5. The second-order valence-electron chi connectivity index (χ2n) is 5.00. The summed E-state index contributed by atoms with van der Waals surface area (Å²) in [5.74, 6) is 3.63. The zero-order valence-corrected chi connectivity index (χ0v) is 12.4. The van der Waals surface area contributed by atoms with E-state index in [1.807, 2.05) is 11.8 Å². The Kier molecular flexibility index (Phi) is 6.18. The molecule has 3 nitrogen and oxygen atoms in total. The standard InChI is InChI=1S/C13H22O3S2/c14-13(2-1-5-17)15-4-7-18-6-3-10-8-11-12(9-10)16-11/h10-12,17H,1-9H2. The summed E-state index contributed by atoms with van der Waals surface area (Å²) >= 11 is 5.95. The predicted molar refractivity (Wildman–Crippen MR) is 77.4 cm³/mol. The van der Waals surface area contributed by atoms with Crippen molar-refractivity contribution >= 4 is 30.4 Å². The number of ether oxygens (including phenoxy) is 2. The first-order valence-electron chi connectivity index (χ1n) is 6.79. The molecule has 0 spiro atoms. The van der Waals surface area contributed by atoms with E-state index in [1.54, 1.807) is 0 Å². The molecule has 2 unspecified atom stereocenters. The molecule has 1 saturated carbocycles. The maximum Gasteiger partial charge on any atom is 0.305 e. The Hall–Kier alpha value is 0.130. The van der Waals surface area contributed by atoms with E-state index in [9.17, 15) is 4.79 Å². The van der Waals surface area contributed by atoms with Crippen LogP contribution in [0.25, 0.3) is 0 Å². The Morgan fingerprint density at radius 1 is 1.33 bits per heavy atom. The third-order valence-corrected chi connectivity index (χ3v) is 4.82. The lowest BCUT2D eigenvalue weighted by Crippen LogP contribution is -2.08. The minimum atomic E-state index is -0.0855. The molecule has 2 atom stereocenters. The fraction of sp³-hybridized carbons (Fsp3) is 0.923. The summed E-state index contributed by atoms with van der Waals surface area (Å²) in [5.41, 5.74) is 0. The monoisotopic (exact) mass is 290 g/mol. The highest BCUT2D eigenvalue weighted by molar-refractivity contribution is 7.99. The molecule has 2 fully saturated rings. The Bertz CT molecular complexity index is 263. The van der Waals surface area contributed by atoms with Crippen LogP contribution in [0.1, 0.15) is 32.1 Å². The molecule has 104 valence electrons. The molecular weight excluding hydrogens is 268 g/mol. The predicted octanol–water partition coefficient (Wildman–Crippen LogP) is 2.54. The number of hydrogen-bond donors (Lipinski definition) is 1. The van der Waals surface area contributed by atoms with Crippen LogP contribution in [0.5, 0.6) is 0 Å². The molecule has 1 aliphatic carbocycles. The first-order valence-corrected chi connectivity index (χ1v) is 8.58. The van der Waals surface area contributed by atoms with Crippen molar-refractivity contribution in [2.24, 2.45) is 5.92 Å². The number of thioether (sulfide) groups is 1. The highest BCUT2D eigenvalue weighted by Crippen LogP contribution is 2.43. The van der Waals surface area contributed by atoms with Gasteiger partial charge in [-0.3, -0.25) is 4.79 Å². The Morgan fingerprint density at radius 2 is 2.11 bits per heavy atom. The van der Waals surface area contributed by atoms with Gasteiger partial charge in [-0.1, -0.05) is 0 Å². The van der Waals surface area contributed by atoms with Gasteiger partial charge in [0.05, 0.1) is 12.2 Å². The zero-order valence-electron chi connectivity index (χ0n) is 10.7. The molecule has 5 heteroatoms. The van der Waals surface area contributed by atoms with Gasteiger partial charge in [0.1, 0.15) is 6.61 Å². The summed E-state index contributed by atoms with van der Waals surface area (Å²) in [5, 5.41) is 0. The smallest absolute Gasteiger partial charge is 0.305 e. The minimum absolute atomic E-state index is 0.0855. The second-order valence-corrected chi connectivity index (χ2v) is 6.67. The second kappa shape index (κ2) is 7.65. The van der Waals surface area contributed by atoms with Gasteiger partial charge in [-0.05, 0) is 43.1 Å². The quantitative estimate of drug-likeness (QED) is 0.306. The summed E-state index contributed by atoms with van der Waals surface area (Å²) in [7, 11) is 0. The number of carbonyl (C=O) groups is 1. The van der Waals surface area contributed by atoms with Crippen LogP contribution in [-0.2, 0) is 14.3 Å². The van der Waals surface area contributed by atoms with Crippen LogP contribution in [0.15, 0.2) is 0 Å². The summed E-state index contributed by atoms with van der Waals surface area (Å²) in [6, 6.07) is 0. The van der Waals surface area contributed by atoms with E-state index in [2.05, 4.69) is 12.6 Å². The molecule has 0 radical (unpaired) electrons. The summed E-state index contributed by atoms with van der Waals surface area (Å²) < 4.78 is 10.5. The van der Waals surface area contributed by atoms with Gasteiger partial charge in [0.2, 0.25) is 0 Å². The van der Waals surface area contributed by atoms with Crippen LogP contribution >= 0.6 is 24.4 Å². The van der Waals surface area contributed by atoms with E-state index in [1.165, 1.54) is 25.0 Å². The van der Waals surface area contributed by atoms with Crippen LogP contribution in [0.2, 0.25) is 0 Å². The molecule has 1 aliphatic heterocycles. The molecule has 0 aromatic carbocycles. The fourth-order valence-corrected chi connectivity index (χ4v) is 3.51. The Balaban J connectivity index is 1.36. The summed E-state index contributed by atoms with van der Waals surface area (Å²) in [6.07, 6.45) is 6.34. The van der Waals surface area contributed by atoms with Gasteiger partial charge in [0.15, 0.2) is 0 Å². The topological polar surface area (TPSA) is 38.8 Å². The zero-order chi connectivity index (χ0) is 12.8. The van der Waals surface area contributed by atoms with Gasteiger partial charge in [-0.2, -0.15) is 24.4 Å². The first-order chi connectivity index (χ1) is 8.79. The molecule has 0 N–H and O–H groups in total. The largest absolute Gasteiger partial charge is 0.465 e. The molecular formula is C13H22O3S2. The summed E-state index contributed by atoms with van der Waals surface area (Å²) in [6.45, 7) is 0.551. The van der Waals surface area contributed by atoms with Crippen molar-refractivity contribution in [2.75, 3.05) is 23.9 Å². The van der Waals surface area contributed by atoms with Gasteiger partial charge < -0.3 is 9.47 Å². The van der Waals surface area contributed by atoms with Crippen molar-refractivity contribution < 1.29 is 14.3 Å². The van der Waals surface area contributed by atoms with Crippen molar-refractivity contribution in [3.63, 3.8) is 0 Å². The number of rotatable bonds is 9. The van der Waals surface area contributed by atoms with Crippen LogP contribution in [0.3, 0.4) is 0 Å². The molecule has 1 heterocycles. The minimum Gasteiger partial charge on any atom is -0.465 e. The third kappa shape index (κ3) is 5.02. The van der Waals surface area contributed by atoms with Crippen LogP contribution in [0.4, 0.5) is 0 Å². The third-order valence-electron chi connectivity index (χ3n) is 3.52. The van der Waals surface area contributed by atoms with Gasteiger partial charge in [0, 0.05) is 12.2 Å². The first kappa shape index (κ1) is 14.5. The number of esters is 1. The van der Waals surface area contributed by atoms with Crippen LogP contribution in [-0.4, -0.2) is 42.0 Å². The number of thiol groups is 1. The van der Waals surface area contributed by atoms with Crippen molar-refractivity contribution in [1.82, 2.24) is 0 Å². The Morgan fingerprint density at radius 3 is 2.83 bits per heavy atom. The SMILES string of the molecule is O=C(CCCS)OCCSCCC1CC2OC2C1. The lowest BCUT2D eigenvalue weighted by Gasteiger charge is -2.10. The maximum absolute atomic E-state index is 11.2. The Labute approximate surface area is 119 Å². The van der Waals surface area contributed by atoms with Crippen LogP contribution < -0.4 is 0 Å². The lowest BCUT2D eigenvalue weighted by atomic mass is 10.1. The molecule has 1 saturated heterocycles. The van der Waals surface area contributed by atoms with Crippen molar-refractivity contribution in [2.45, 2.75) is 44.3 Å². The molecule has 0 amide bonds. The molecule has 2 rings (SSSR count). The molecule has 0 bridgehead atoms.